The number of carbonyl (C=O) groups excluding carboxylic acids is 1. The van der Waals surface area contributed by atoms with Gasteiger partial charge in [-0.2, -0.15) is 0 Å². The van der Waals surface area contributed by atoms with Gasteiger partial charge in [0.2, 0.25) is 5.91 Å². The summed E-state index contributed by atoms with van der Waals surface area (Å²) >= 11 is 5.17. The van der Waals surface area contributed by atoms with E-state index in [1.165, 1.54) is 12.8 Å². The molecule has 18 heavy (non-hydrogen) atoms. The van der Waals surface area contributed by atoms with Gasteiger partial charge in [-0.25, -0.2) is 0 Å². The molecule has 1 aliphatic carbocycles. The summed E-state index contributed by atoms with van der Waals surface area (Å²) in [5.41, 5.74) is 5.22. The van der Waals surface area contributed by atoms with E-state index in [0.29, 0.717) is 23.7 Å². The number of hydrogen-bond donors (Lipinski definition) is 1. The van der Waals surface area contributed by atoms with Crippen LogP contribution in [-0.4, -0.2) is 28.4 Å². The summed E-state index contributed by atoms with van der Waals surface area (Å²) < 4.78 is 0. The van der Waals surface area contributed by atoms with E-state index in [-0.39, 0.29) is 11.9 Å². The first-order chi connectivity index (χ1) is 8.39. The average molecular weight is 270 g/mol. The zero-order valence-electron chi connectivity index (χ0n) is 12.0. The molecule has 0 aliphatic heterocycles. The largest absolute Gasteiger partial charge is 0.392 e. The van der Waals surface area contributed by atoms with Gasteiger partial charge in [0, 0.05) is 12.6 Å². The van der Waals surface area contributed by atoms with Crippen molar-refractivity contribution >= 4 is 23.1 Å². The van der Waals surface area contributed by atoms with E-state index in [4.69, 9.17) is 18.0 Å². The molecule has 0 heterocycles. The highest BCUT2D eigenvalue weighted by Gasteiger charge is 2.42. The average Bonchev–Trinajstić information content (AvgIpc) is 3.11. The number of thiocarbonyl (C=S) groups is 1. The molecular weight excluding hydrogens is 244 g/mol. The maximum atomic E-state index is 12.8. The summed E-state index contributed by atoms with van der Waals surface area (Å²) in [7, 11) is 0. The normalized spacial score (nSPS) is 15.8. The van der Waals surface area contributed by atoms with Crippen LogP contribution in [0, 0.1) is 11.3 Å². The maximum absolute atomic E-state index is 12.8. The van der Waals surface area contributed by atoms with Crippen LogP contribution in [0.15, 0.2) is 0 Å². The van der Waals surface area contributed by atoms with Gasteiger partial charge in [-0.1, -0.05) is 26.1 Å². The van der Waals surface area contributed by atoms with E-state index in [1.54, 1.807) is 0 Å². The third kappa shape index (κ3) is 3.02. The van der Waals surface area contributed by atoms with E-state index < -0.39 is 5.41 Å². The molecule has 104 valence electrons. The Kier molecular flexibility index (Phi) is 5.14. The van der Waals surface area contributed by atoms with Gasteiger partial charge in [0.05, 0.1) is 10.4 Å². The SMILES string of the molecule is CCC(CC)(C(=O)N(CC1CC1)C(C)C)C(N)=S. The van der Waals surface area contributed by atoms with Crippen molar-refractivity contribution in [3.63, 3.8) is 0 Å². The highest BCUT2D eigenvalue weighted by atomic mass is 32.1. The molecular formula is C14H26N2OS. The molecule has 0 aromatic rings. The monoisotopic (exact) mass is 270 g/mol. The second-order valence-corrected chi connectivity index (χ2v) is 6.09. The molecule has 1 fully saturated rings. The number of hydrogen-bond acceptors (Lipinski definition) is 2. The van der Waals surface area contributed by atoms with Crippen LogP contribution >= 0.6 is 12.2 Å². The van der Waals surface area contributed by atoms with E-state index in [9.17, 15) is 4.79 Å². The van der Waals surface area contributed by atoms with Crippen molar-refractivity contribution in [1.29, 1.82) is 0 Å². The van der Waals surface area contributed by atoms with Crippen molar-refractivity contribution in [3.8, 4) is 0 Å². The predicted octanol–water partition coefficient (Wildman–Crippen LogP) is 2.73. The predicted molar refractivity (Wildman–Crippen MR) is 79.4 cm³/mol. The van der Waals surface area contributed by atoms with E-state index in [0.717, 1.165) is 6.54 Å². The zero-order valence-corrected chi connectivity index (χ0v) is 12.8. The van der Waals surface area contributed by atoms with Crippen molar-refractivity contribution in [2.75, 3.05) is 6.54 Å². The lowest BCUT2D eigenvalue weighted by Gasteiger charge is -2.37. The summed E-state index contributed by atoms with van der Waals surface area (Å²) in [6, 6.07) is 0.213. The topological polar surface area (TPSA) is 46.3 Å². The lowest BCUT2D eigenvalue weighted by Crippen LogP contribution is -2.52. The molecule has 0 spiro atoms. The molecule has 1 rings (SSSR count). The summed E-state index contributed by atoms with van der Waals surface area (Å²) in [6.07, 6.45) is 3.86. The van der Waals surface area contributed by atoms with Gasteiger partial charge in [-0.05, 0) is 45.4 Å². The van der Waals surface area contributed by atoms with Gasteiger partial charge in [-0.3, -0.25) is 4.79 Å². The van der Waals surface area contributed by atoms with Gasteiger partial charge in [-0.15, -0.1) is 0 Å². The van der Waals surface area contributed by atoms with Crippen molar-refractivity contribution in [2.45, 2.75) is 59.4 Å². The summed E-state index contributed by atoms with van der Waals surface area (Å²) in [6.45, 7) is 8.99. The summed E-state index contributed by atoms with van der Waals surface area (Å²) in [5.74, 6) is 0.816. The van der Waals surface area contributed by atoms with Crippen LogP contribution in [0.1, 0.15) is 53.4 Å². The minimum atomic E-state index is -0.644. The molecule has 1 amide bonds. The Morgan fingerprint density at radius 2 is 1.89 bits per heavy atom. The molecule has 1 saturated carbocycles. The summed E-state index contributed by atoms with van der Waals surface area (Å²) in [5, 5.41) is 0. The zero-order chi connectivity index (χ0) is 13.9. The number of carbonyl (C=O) groups is 1. The Morgan fingerprint density at radius 1 is 1.39 bits per heavy atom. The number of rotatable bonds is 7. The Balaban J connectivity index is 2.93. The molecule has 0 aromatic heterocycles. The van der Waals surface area contributed by atoms with Gasteiger partial charge in [0.15, 0.2) is 0 Å². The van der Waals surface area contributed by atoms with Crippen molar-refractivity contribution in [2.24, 2.45) is 17.1 Å². The molecule has 2 N–H and O–H groups in total. The van der Waals surface area contributed by atoms with Crippen LogP contribution < -0.4 is 5.73 Å². The lowest BCUT2D eigenvalue weighted by molar-refractivity contribution is -0.140. The second-order valence-electron chi connectivity index (χ2n) is 5.65. The van der Waals surface area contributed by atoms with Crippen LogP contribution in [0.4, 0.5) is 0 Å². The quantitative estimate of drug-likeness (QED) is 0.724. The first kappa shape index (κ1) is 15.4. The molecule has 0 atom stereocenters. The third-order valence-corrected chi connectivity index (χ3v) is 4.51. The minimum Gasteiger partial charge on any atom is -0.392 e. The second kappa shape index (κ2) is 6.00. The van der Waals surface area contributed by atoms with Gasteiger partial charge in [0.25, 0.3) is 0 Å². The molecule has 0 radical (unpaired) electrons. The van der Waals surface area contributed by atoms with E-state index in [2.05, 4.69) is 13.8 Å². The Labute approximate surface area is 116 Å². The molecule has 0 saturated heterocycles. The summed E-state index contributed by atoms with van der Waals surface area (Å²) in [4.78, 5) is 15.2. The molecule has 1 aliphatic rings. The highest BCUT2D eigenvalue weighted by molar-refractivity contribution is 7.80. The fourth-order valence-corrected chi connectivity index (χ4v) is 2.76. The first-order valence-corrected chi connectivity index (χ1v) is 7.40. The fourth-order valence-electron chi connectivity index (χ4n) is 2.39. The van der Waals surface area contributed by atoms with Crippen LogP contribution in [-0.2, 0) is 4.79 Å². The number of amides is 1. The van der Waals surface area contributed by atoms with Crippen molar-refractivity contribution in [3.05, 3.63) is 0 Å². The molecule has 0 bridgehead atoms. The van der Waals surface area contributed by atoms with Gasteiger partial charge in [0.1, 0.15) is 0 Å². The van der Waals surface area contributed by atoms with Crippen LogP contribution in [0.3, 0.4) is 0 Å². The molecule has 4 heteroatoms. The van der Waals surface area contributed by atoms with E-state index in [1.807, 2.05) is 18.7 Å². The third-order valence-electron chi connectivity index (χ3n) is 4.12. The maximum Gasteiger partial charge on any atom is 0.235 e. The Hall–Kier alpha value is -0.640. The van der Waals surface area contributed by atoms with Crippen LogP contribution in [0.25, 0.3) is 0 Å². The highest BCUT2D eigenvalue weighted by Crippen LogP contribution is 2.35. The fraction of sp³-hybridized carbons (Fsp3) is 0.857. The smallest absolute Gasteiger partial charge is 0.235 e. The number of nitrogens with zero attached hydrogens (tertiary/aromatic N) is 1. The Bertz CT molecular complexity index is 320. The minimum absolute atomic E-state index is 0.127. The van der Waals surface area contributed by atoms with Crippen LogP contribution in [0.5, 0.6) is 0 Å². The van der Waals surface area contributed by atoms with Gasteiger partial charge < -0.3 is 10.6 Å². The Morgan fingerprint density at radius 3 is 2.17 bits per heavy atom. The van der Waals surface area contributed by atoms with Crippen molar-refractivity contribution < 1.29 is 4.79 Å². The number of nitrogens with two attached hydrogens (primary N) is 1. The van der Waals surface area contributed by atoms with Gasteiger partial charge >= 0.3 is 0 Å². The molecule has 0 aromatic carbocycles. The van der Waals surface area contributed by atoms with E-state index >= 15 is 0 Å². The van der Waals surface area contributed by atoms with Crippen molar-refractivity contribution in [1.82, 2.24) is 4.90 Å². The lowest BCUT2D eigenvalue weighted by atomic mass is 9.80. The standard InChI is InChI=1S/C14H26N2OS/c1-5-14(6-2,12(15)18)13(17)16(10(3)4)9-11-7-8-11/h10-11H,5-9H2,1-4H3,(H2,15,18). The molecule has 3 nitrogen and oxygen atoms in total. The first-order valence-electron chi connectivity index (χ1n) is 7.00. The molecule has 0 unspecified atom stereocenters. The van der Waals surface area contributed by atoms with Crippen LogP contribution in [0.2, 0.25) is 0 Å².